The number of nitrogens with one attached hydrogen (secondary N) is 1. The molecule has 1 aromatic heterocycles. The van der Waals surface area contributed by atoms with Gasteiger partial charge in [0.15, 0.2) is 0 Å². The summed E-state index contributed by atoms with van der Waals surface area (Å²) in [5.41, 5.74) is 2.39. The maximum absolute atomic E-state index is 12.7. The molecule has 0 bridgehead atoms. The molecule has 5 heteroatoms. The molecule has 1 heterocycles. The van der Waals surface area contributed by atoms with E-state index >= 15 is 0 Å². The first kappa shape index (κ1) is 18.9. The van der Waals surface area contributed by atoms with Crippen LogP contribution in [0.4, 0.5) is 0 Å². The highest BCUT2D eigenvalue weighted by Gasteiger charge is 2.17. The van der Waals surface area contributed by atoms with E-state index in [9.17, 15) is 4.79 Å². The van der Waals surface area contributed by atoms with Crippen molar-refractivity contribution in [1.82, 2.24) is 10.2 Å². The van der Waals surface area contributed by atoms with Crippen molar-refractivity contribution in [3.8, 4) is 0 Å². The Kier molecular flexibility index (Phi) is 6.30. The minimum Gasteiger partial charge on any atom is -0.347 e. The van der Waals surface area contributed by atoms with Gasteiger partial charge in [0.05, 0.1) is 5.02 Å². The van der Waals surface area contributed by atoms with Crippen LogP contribution < -0.4 is 5.32 Å². The number of hydrogen-bond acceptors (Lipinski definition) is 3. The zero-order valence-corrected chi connectivity index (χ0v) is 16.7. The van der Waals surface area contributed by atoms with E-state index in [4.69, 9.17) is 11.6 Å². The summed E-state index contributed by atoms with van der Waals surface area (Å²) in [5.74, 6) is -0.117. The molecule has 1 N–H and O–H groups in total. The fourth-order valence-corrected chi connectivity index (χ4v) is 4.42. The van der Waals surface area contributed by atoms with E-state index in [1.807, 2.05) is 36.4 Å². The minimum atomic E-state index is -0.117. The topological polar surface area (TPSA) is 32.3 Å². The van der Waals surface area contributed by atoms with Gasteiger partial charge in [0, 0.05) is 23.2 Å². The van der Waals surface area contributed by atoms with E-state index in [-0.39, 0.29) is 5.91 Å². The SMILES string of the molecule is CCN(CC)Cc1ccccc1CNC(=O)c1sc2ccccc2c1Cl. The molecule has 0 aliphatic heterocycles. The van der Waals surface area contributed by atoms with Crippen molar-refractivity contribution < 1.29 is 4.79 Å². The molecule has 3 nitrogen and oxygen atoms in total. The highest BCUT2D eigenvalue weighted by atomic mass is 35.5. The third kappa shape index (κ3) is 4.09. The monoisotopic (exact) mass is 386 g/mol. The summed E-state index contributed by atoms with van der Waals surface area (Å²) >= 11 is 7.85. The molecular weight excluding hydrogens is 364 g/mol. The molecule has 136 valence electrons. The fourth-order valence-electron chi connectivity index (χ4n) is 2.99. The van der Waals surface area contributed by atoms with Crippen LogP contribution in [0.15, 0.2) is 48.5 Å². The molecule has 0 saturated carbocycles. The van der Waals surface area contributed by atoms with Gasteiger partial charge in [-0.25, -0.2) is 0 Å². The van der Waals surface area contributed by atoms with Crippen LogP contribution in [0, 0.1) is 0 Å². The van der Waals surface area contributed by atoms with Crippen LogP contribution in [0.5, 0.6) is 0 Å². The van der Waals surface area contributed by atoms with E-state index in [0.29, 0.717) is 16.4 Å². The molecule has 0 fully saturated rings. The number of nitrogens with zero attached hydrogens (tertiary/aromatic N) is 1. The van der Waals surface area contributed by atoms with Gasteiger partial charge < -0.3 is 5.32 Å². The maximum atomic E-state index is 12.7. The summed E-state index contributed by atoms with van der Waals surface area (Å²) in [6.07, 6.45) is 0. The molecule has 0 saturated heterocycles. The third-order valence-corrected chi connectivity index (χ3v) is 6.26. The van der Waals surface area contributed by atoms with Gasteiger partial charge in [0.25, 0.3) is 5.91 Å². The van der Waals surface area contributed by atoms with Gasteiger partial charge in [-0.15, -0.1) is 11.3 Å². The van der Waals surface area contributed by atoms with Crippen LogP contribution in [0.25, 0.3) is 10.1 Å². The summed E-state index contributed by atoms with van der Waals surface area (Å²) in [6, 6.07) is 16.1. The first-order valence-electron chi connectivity index (χ1n) is 8.88. The van der Waals surface area contributed by atoms with E-state index in [2.05, 4.69) is 36.2 Å². The largest absolute Gasteiger partial charge is 0.347 e. The van der Waals surface area contributed by atoms with Crippen LogP contribution in [0.1, 0.15) is 34.6 Å². The molecule has 0 spiro atoms. The van der Waals surface area contributed by atoms with Gasteiger partial charge >= 0.3 is 0 Å². The highest BCUT2D eigenvalue weighted by Crippen LogP contribution is 2.35. The van der Waals surface area contributed by atoms with E-state index in [1.165, 1.54) is 16.9 Å². The molecule has 0 aliphatic carbocycles. The summed E-state index contributed by atoms with van der Waals surface area (Å²) < 4.78 is 1.03. The quantitative estimate of drug-likeness (QED) is 0.595. The predicted molar refractivity (Wildman–Crippen MR) is 111 cm³/mol. The Balaban J connectivity index is 1.74. The molecule has 3 rings (SSSR count). The zero-order valence-electron chi connectivity index (χ0n) is 15.1. The summed E-state index contributed by atoms with van der Waals surface area (Å²) in [7, 11) is 0. The van der Waals surface area contributed by atoms with Crippen LogP contribution in [0.2, 0.25) is 5.02 Å². The Morgan fingerprint density at radius 3 is 2.38 bits per heavy atom. The highest BCUT2D eigenvalue weighted by molar-refractivity contribution is 7.21. The number of amides is 1. The second kappa shape index (κ2) is 8.67. The van der Waals surface area contributed by atoms with Gasteiger partial charge in [-0.05, 0) is 30.3 Å². The van der Waals surface area contributed by atoms with Crippen molar-refractivity contribution >= 4 is 38.9 Å². The second-order valence-electron chi connectivity index (χ2n) is 6.15. The number of carbonyl (C=O) groups is 1. The lowest BCUT2D eigenvalue weighted by Gasteiger charge is -2.20. The number of hydrogen-bond donors (Lipinski definition) is 1. The van der Waals surface area contributed by atoms with Crippen LogP contribution in [0.3, 0.4) is 0 Å². The van der Waals surface area contributed by atoms with Crippen molar-refractivity contribution in [3.63, 3.8) is 0 Å². The first-order chi connectivity index (χ1) is 12.6. The van der Waals surface area contributed by atoms with Gasteiger partial charge in [0.2, 0.25) is 0 Å². The standard InChI is InChI=1S/C21H23ClN2OS/c1-3-24(4-2)14-16-10-6-5-9-15(16)13-23-21(25)20-19(22)17-11-7-8-12-18(17)26-20/h5-12H,3-4,13-14H2,1-2H3,(H,23,25). The normalized spacial score (nSPS) is 11.2. The molecule has 26 heavy (non-hydrogen) atoms. The summed E-state index contributed by atoms with van der Waals surface area (Å²) in [5, 5.41) is 4.51. The third-order valence-electron chi connectivity index (χ3n) is 4.59. The predicted octanol–water partition coefficient (Wildman–Crippen LogP) is 5.33. The molecule has 0 unspecified atom stereocenters. The fraction of sp³-hybridized carbons (Fsp3) is 0.286. The smallest absolute Gasteiger partial charge is 0.263 e. The molecule has 0 atom stereocenters. The lowest BCUT2D eigenvalue weighted by molar-refractivity contribution is 0.0955. The Bertz CT molecular complexity index is 902. The lowest BCUT2D eigenvalue weighted by atomic mass is 10.1. The number of thiophene rings is 1. The van der Waals surface area contributed by atoms with Crippen molar-refractivity contribution in [2.75, 3.05) is 13.1 Å². The second-order valence-corrected chi connectivity index (χ2v) is 7.58. The first-order valence-corrected chi connectivity index (χ1v) is 10.1. The van der Waals surface area contributed by atoms with E-state index in [1.54, 1.807) is 0 Å². The summed E-state index contributed by atoms with van der Waals surface area (Å²) in [4.78, 5) is 15.6. The van der Waals surface area contributed by atoms with Gasteiger partial charge in [-0.1, -0.05) is 67.9 Å². The Morgan fingerprint density at radius 2 is 1.69 bits per heavy atom. The van der Waals surface area contributed by atoms with Crippen molar-refractivity contribution in [1.29, 1.82) is 0 Å². The molecule has 2 aromatic carbocycles. The molecule has 3 aromatic rings. The number of halogens is 1. The molecular formula is C21H23ClN2OS. The lowest BCUT2D eigenvalue weighted by Crippen LogP contribution is -2.25. The van der Waals surface area contributed by atoms with Gasteiger partial charge in [-0.2, -0.15) is 0 Å². The van der Waals surface area contributed by atoms with Crippen molar-refractivity contribution in [2.45, 2.75) is 26.9 Å². The number of benzene rings is 2. The Hall–Kier alpha value is -1.88. The van der Waals surface area contributed by atoms with Crippen molar-refractivity contribution in [2.24, 2.45) is 0 Å². The van der Waals surface area contributed by atoms with Gasteiger partial charge in [0.1, 0.15) is 4.88 Å². The Labute approximate surface area is 163 Å². The molecule has 0 radical (unpaired) electrons. The molecule has 1 amide bonds. The van der Waals surface area contributed by atoms with Gasteiger partial charge in [-0.3, -0.25) is 9.69 Å². The number of rotatable bonds is 7. The van der Waals surface area contributed by atoms with Crippen LogP contribution in [-0.2, 0) is 13.1 Å². The maximum Gasteiger partial charge on any atom is 0.263 e. The van der Waals surface area contributed by atoms with E-state index < -0.39 is 0 Å². The molecule has 0 aliphatic rings. The number of carbonyl (C=O) groups excluding carboxylic acids is 1. The Morgan fingerprint density at radius 1 is 1.04 bits per heavy atom. The average Bonchev–Trinajstić information content (AvgIpc) is 3.02. The zero-order chi connectivity index (χ0) is 18.5. The van der Waals surface area contributed by atoms with Crippen LogP contribution in [-0.4, -0.2) is 23.9 Å². The minimum absolute atomic E-state index is 0.117. The average molecular weight is 387 g/mol. The number of fused-ring (bicyclic) bond motifs is 1. The summed E-state index contributed by atoms with van der Waals surface area (Å²) in [6.45, 7) is 7.74. The van der Waals surface area contributed by atoms with E-state index in [0.717, 1.165) is 35.3 Å². The van der Waals surface area contributed by atoms with Crippen molar-refractivity contribution in [3.05, 3.63) is 69.6 Å². The van der Waals surface area contributed by atoms with Crippen LogP contribution >= 0.6 is 22.9 Å².